The minimum atomic E-state index is -0.547. The molecule has 0 fully saturated rings. The molecule has 2 aromatic rings. The minimum Gasteiger partial charge on any atom is -0.490 e. The molecule has 20 heavy (non-hydrogen) atoms. The van der Waals surface area contributed by atoms with Crippen molar-refractivity contribution >= 4 is 5.69 Å². The number of aliphatic hydroxyl groups is 1. The molecule has 0 aliphatic heterocycles. The first kappa shape index (κ1) is 14.4. The van der Waals surface area contributed by atoms with Crippen molar-refractivity contribution in [1.29, 1.82) is 0 Å². The van der Waals surface area contributed by atoms with Crippen molar-refractivity contribution in [2.75, 3.05) is 18.5 Å². The van der Waals surface area contributed by atoms with Gasteiger partial charge in [0.05, 0.1) is 0 Å². The van der Waals surface area contributed by atoms with Crippen LogP contribution in [0.3, 0.4) is 0 Å². The number of benzene rings is 2. The van der Waals surface area contributed by atoms with Gasteiger partial charge in [-0.25, -0.2) is 0 Å². The molecule has 0 saturated carbocycles. The fraction of sp³-hybridized carbons (Fsp3) is 0.294. The maximum absolute atomic E-state index is 9.97. The molecular formula is C17H21NO2. The van der Waals surface area contributed by atoms with Crippen LogP contribution in [-0.4, -0.2) is 24.4 Å². The molecule has 0 saturated heterocycles. The zero-order chi connectivity index (χ0) is 14.4. The van der Waals surface area contributed by atoms with E-state index in [9.17, 15) is 5.11 Å². The second-order valence-corrected chi connectivity index (χ2v) is 4.93. The summed E-state index contributed by atoms with van der Waals surface area (Å²) in [7, 11) is 0. The number of hydrogen-bond acceptors (Lipinski definition) is 3. The standard InChI is InChI=1S/C17H21NO2/c1-13-7-6-8-14(2)17(13)20-12-16(19)11-18-15-9-4-3-5-10-15/h3-10,16,18-19H,11-12H2,1-2H3. The Labute approximate surface area is 120 Å². The maximum atomic E-state index is 9.97. The molecule has 1 unspecified atom stereocenters. The Bertz CT molecular complexity index is 520. The van der Waals surface area contributed by atoms with Gasteiger partial charge in [0.1, 0.15) is 18.5 Å². The van der Waals surface area contributed by atoms with Crippen LogP contribution in [0, 0.1) is 13.8 Å². The van der Waals surface area contributed by atoms with Crippen LogP contribution < -0.4 is 10.1 Å². The first-order chi connectivity index (χ1) is 9.66. The number of hydrogen-bond donors (Lipinski definition) is 2. The molecule has 1 atom stereocenters. The summed E-state index contributed by atoms with van der Waals surface area (Å²) in [5.74, 6) is 0.867. The lowest BCUT2D eigenvalue weighted by Crippen LogP contribution is -2.26. The van der Waals surface area contributed by atoms with Gasteiger partial charge in [0, 0.05) is 12.2 Å². The average Bonchev–Trinajstić information content (AvgIpc) is 2.46. The Hall–Kier alpha value is -2.00. The third-order valence-corrected chi connectivity index (χ3v) is 3.14. The lowest BCUT2D eigenvalue weighted by atomic mass is 10.1. The average molecular weight is 271 g/mol. The normalized spacial score (nSPS) is 11.9. The van der Waals surface area contributed by atoms with Crippen LogP contribution in [-0.2, 0) is 0 Å². The quantitative estimate of drug-likeness (QED) is 0.848. The number of rotatable bonds is 6. The number of nitrogens with one attached hydrogen (secondary N) is 1. The molecule has 0 spiro atoms. The van der Waals surface area contributed by atoms with E-state index >= 15 is 0 Å². The second kappa shape index (κ2) is 6.96. The molecule has 0 radical (unpaired) electrons. The first-order valence-electron chi connectivity index (χ1n) is 6.83. The fourth-order valence-corrected chi connectivity index (χ4v) is 2.06. The van der Waals surface area contributed by atoms with Gasteiger partial charge in [-0.1, -0.05) is 36.4 Å². The predicted octanol–water partition coefficient (Wildman–Crippen LogP) is 3.16. The molecule has 0 heterocycles. The summed E-state index contributed by atoms with van der Waals surface area (Å²) in [5.41, 5.74) is 3.18. The molecule has 2 rings (SSSR count). The molecule has 0 amide bonds. The molecule has 0 bridgehead atoms. The molecule has 0 aromatic heterocycles. The number of ether oxygens (including phenoxy) is 1. The smallest absolute Gasteiger partial charge is 0.125 e. The molecule has 3 nitrogen and oxygen atoms in total. The largest absolute Gasteiger partial charge is 0.490 e. The van der Waals surface area contributed by atoms with Gasteiger partial charge in [-0.15, -0.1) is 0 Å². The highest BCUT2D eigenvalue weighted by atomic mass is 16.5. The molecule has 3 heteroatoms. The number of anilines is 1. The summed E-state index contributed by atoms with van der Waals surface area (Å²) in [6, 6.07) is 15.9. The van der Waals surface area contributed by atoms with Gasteiger partial charge in [-0.2, -0.15) is 0 Å². The van der Waals surface area contributed by atoms with Crippen molar-refractivity contribution in [3.63, 3.8) is 0 Å². The summed E-state index contributed by atoms with van der Waals surface area (Å²) in [4.78, 5) is 0. The monoisotopic (exact) mass is 271 g/mol. The van der Waals surface area contributed by atoms with E-state index in [1.54, 1.807) is 0 Å². The van der Waals surface area contributed by atoms with E-state index in [-0.39, 0.29) is 6.61 Å². The third kappa shape index (κ3) is 4.00. The van der Waals surface area contributed by atoms with Gasteiger partial charge in [0.2, 0.25) is 0 Å². The molecular weight excluding hydrogens is 250 g/mol. The van der Waals surface area contributed by atoms with Crippen LogP contribution in [0.15, 0.2) is 48.5 Å². The van der Waals surface area contributed by atoms with E-state index in [1.165, 1.54) is 0 Å². The van der Waals surface area contributed by atoms with Gasteiger partial charge in [0.15, 0.2) is 0 Å². The third-order valence-electron chi connectivity index (χ3n) is 3.14. The SMILES string of the molecule is Cc1cccc(C)c1OCC(O)CNc1ccccc1. The summed E-state index contributed by atoms with van der Waals surface area (Å²) in [6.07, 6.45) is -0.547. The number of aryl methyl sites for hydroxylation is 2. The highest BCUT2D eigenvalue weighted by Gasteiger charge is 2.08. The molecule has 2 aromatic carbocycles. The summed E-state index contributed by atoms with van der Waals surface area (Å²) < 4.78 is 5.73. The van der Waals surface area contributed by atoms with E-state index in [1.807, 2.05) is 62.4 Å². The number of aliphatic hydroxyl groups excluding tert-OH is 1. The predicted molar refractivity (Wildman–Crippen MR) is 82.3 cm³/mol. The summed E-state index contributed by atoms with van der Waals surface area (Å²) in [6.45, 7) is 4.77. The van der Waals surface area contributed by atoms with Crippen LogP contribution in [0.5, 0.6) is 5.75 Å². The molecule has 0 aliphatic rings. The van der Waals surface area contributed by atoms with Gasteiger partial charge in [-0.05, 0) is 37.1 Å². The Morgan fingerprint density at radius 1 is 1.00 bits per heavy atom. The van der Waals surface area contributed by atoms with E-state index in [0.717, 1.165) is 22.6 Å². The van der Waals surface area contributed by atoms with Gasteiger partial charge in [0.25, 0.3) is 0 Å². The summed E-state index contributed by atoms with van der Waals surface area (Å²) in [5, 5.41) is 13.1. The second-order valence-electron chi connectivity index (χ2n) is 4.93. The lowest BCUT2D eigenvalue weighted by Gasteiger charge is -2.16. The first-order valence-corrected chi connectivity index (χ1v) is 6.83. The zero-order valence-corrected chi connectivity index (χ0v) is 12.0. The molecule has 2 N–H and O–H groups in total. The van der Waals surface area contributed by atoms with Crippen molar-refractivity contribution in [2.45, 2.75) is 20.0 Å². The Morgan fingerprint density at radius 2 is 1.65 bits per heavy atom. The van der Waals surface area contributed by atoms with Gasteiger partial charge >= 0.3 is 0 Å². The van der Waals surface area contributed by atoms with Crippen molar-refractivity contribution < 1.29 is 9.84 Å². The van der Waals surface area contributed by atoms with Crippen molar-refractivity contribution in [1.82, 2.24) is 0 Å². The van der Waals surface area contributed by atoms with Gasteiger partial charge < -0.3 is 15.2 Å². The molecule has 106 valence electrons. The zero-order valence-electron chi connectivity index (χ0n) is 12.0. The maximum Gasteiger partial charge on any atom is 0.125 e. The van der Waals surface area contributed by atoms with Crippen LogP contribution in [0.4, 0.5) is 5.69 Å². The van der Waals surface area contributed by atoms with Crippen molar-refractivity contribution in [3.8, 4) is 5.75 Å². The van der Waals surface area contributed by atoms with Crippen LogP contribution >= 0.6 is 0 Å². The lowest BCUT2D eigenvalue weighted by molar-refractivity contribution is 0.117. The minimum absolute atomic E-state index is 0.283. The molecule has 0 aliphatic carbocycles. The summed E-state index contributed by atoms with van der Waals surface area (Å²) >= 11 is 0. The number of para-hydroxylation sites is 2. The van der Waals surface area contributed by atoms with E-state index < -0.39 is 6.10 Å². The Balaban J connectivity index is 1.82. The van der Waals surface area contributed by atoms with E-state index in [4.69, 9.17) is 4.74 Å². The highest BCUT2D eigenvalue weighted by Crippen LogP contribution is 2.22. The van der Waals surface area contributed by atoms with E-state index in [2.05, 4.69) is 5.32 Å². The van der Waals surface area contributed by atoms with Crippen LogP contribution in [0.25, 0.3) is 0 Å². The highest BCUT2D eigenvalue weighted by molar-refractivity contribution is 5.42. The Kier molecular flexibility index (Phi) is 5.02. The van der Waals surface area contributed by atoms with Crippen molar-refractivity contribution in [2.24, 2.45) is 0 Å². The van der Waals surface area contributed by atoms with Crippen molar-refractivity contribution in [3.05, 3.63) is 59.7 Å². The van der Waals surface area contributed by atoms with Gasteiger partial charge in [-0.3, -0.25) is 0 Å². The fourth-order valence-electron chi connectivity index (χ4n) is 2.06. The van der Waals surface area contributed by atoms with Crippen LogP contribution in [0.2, 0.25) is 0 Å². The van der Waals surface area contributed by atoms with E-state index in [0.29, 0.717) is 6.54 Å². The Morgan fingerprint density at radius 3 is 2.30 bits per heavy atom. The topological polar surface area (TPSA) is 41.5 Å². The van der Waals surface area contributed by atoms with Crippen LogP contribution in [0.1, 0.15) is 11.1 Å².